The summed E-state index contributed by atoms with van der Waals surface area (Å²) >= 11 is 1.30. The Morgan fingerprint density at radius 1 is 1.20 bits per heavy atom. The Morgan fingerprint density at radius 3 is 2.60 bits per heavy atom. The molecule has 0 saturated carbocycles. The van der Waals surface area contributed by atoms with Gasteiger partial charge in [0.1, 0.15) is 28.9 Å². The Hall–Kier alpha value is -3.24. The number of nitrogens with zero attached hydrogens (tertiary/aromatic N) is 2. The SMILES string of the molecule is N#Cc1ccc(NC(=O)c2csc(COc3ccc(F)cc3)n2)cc1. The van der Waals surface area contributed by atoms with E-state index in [-0.39, 0.29) is 24.0 Å². The first kappa shape index (κ1) is 16.6. The third kappa shape index (κ3) is 4.40. The highest BCUT2D eigenvalue weighted by atomic mass is 32.1. The van der Waals surface area contributed by atoms with E-state index < -0.39 is 0 Å². The minimum atomic E-state index is -0.339. The van der Waals surface area contributed by atoms with Crippen LogP contribution < -0.4 is 10.1 Å². The smallest absolute Gasteiger partial charge is 0.275 e. The average Bonchev–Trinajstić information content (AvgIpc) is 3.11. The van der Waals surface area contributed by atoms with Crippen LogP contribution in [-0.2, 0) is 6.61 Å². The topological polar surface area (TPSA) is 75.0 Å². The fourth-order valence-corrected chi connectivity index (χ4v) is 2.67. The summed E-state index contributed by atoms with van der Waals surface area (Å²) in [6.07, 6.45) is 0. The van der Waals surface area contributed by atoms with Gasteiger partial charge >= 0.3 is 0 Å². The molecule has 1 amide bonds. The van der Waals surface area contributed by atoms with E-state index in [4.69, 9.17) is 10.00 Å². The summed E-state index contributed by atoms with van der Waals surface area (Å²) in [4.78, 5) is 16.4. The summed E-state index contributed by atoms with van der Waals surface area (Å²) < 4.78 is 18.3. The largest absolute Gasteiger partial charge is 0.486 e. The van der Waals surface area contributed by atoms with Crippen molar-refractivity contribution in [2.24, 2.45) is 0 Å². The average molecular weight is 353 g/mol. The molecule has 0 spiro atoms. The lowest BCUT2D eigenvalue weighted by Crippen LogP contribution is -2.12. The summed E-state index contributed by atoms with van der Waals surface area (Å²) in [7, 11) is 0. The van der Waals surface area contributed by atoms with Crippen molar-refractivity contribution in [3.8, 4) is 11.8 Å². The van der Waals surface area contributed by atoms with E-state index in [9.17, 15) is 9.18 Å². The standard InChI is InChI=1S/C18H12FN3O2S/c19-13-3-7-15(8-4-13)24-10-17-22-16(11-25-17)18(23)21-14-5-1-12(9-20)2-6-14/h1-8,11H,10H2,(H,21,23). The second-order valence-corrected chi connectivity index (χ2v) is 5.96. The fraction of sp³-hybridized carbons (Fsp3) is 0.0556. The molecule has 124 valence electrons. The van der Waals surface area contributed by atoms with Crippen molar-refractivity contribution < 1.29 is 13.9 Å². The van der Waals surface area contributed by atoms with Crippen LogP contribution >= 0.6 is 11.3 Å². The number of amides is 1. The molecular formula is C18H12FN3O2S. The number of carbonyl (C=O) groups is 1. The van der Waals surface area contributed by atoms with Crippen molar-refractivity contribution in [1.29, 1.82) is 5.26 Å². The second kappa shape index (κ2) is 7.55. The zero-order chi connectivity index (χ0) is 17.6. The Morgan fingerprint density at radius 2 is 1.92 bits per heavy atom. The van der Waals surface area contributed by atoms with Crippen LogP contribution in [0.4, 0.5) is 10.1 Å². The number of rotatable bonds is 5. The van der Waals surface area contributed by atoms with Gasteiger partial charge in [-0.05, 0) is 48.5 Å². The first-order valence-electron chi connectivity index (χ1n) is 7.28. The number of thiazole rings is 1. The zero-order valence-electron chi connectivity index (χ0n) is 12.9. The van der Waals surface area contributed by atoms with E-state index in [1.807, 2.05) is 6.07 Å². The number of anilines is 1. The Balaban J connectivity index is 1.59. The van der Waals surface area contributed by atoms with Crippen LogP contribution in [0.2, 0.25) is 0 Å². The molecule has 5 nitrogen and oxygen atoms in total. The molecule has 1 N–H and O–H groups in total. The van der Waals surface area contributed by atoms with Crippen LogP contribution in [0.25, 0.3) is 0 Å². The number of ether oxygens (including phenoxy) is 1. The number of nitriles is 1. The molecule has 0 unspecified atom stereocenters. The maximum atomic E-state index is 12.8. The summed E-state index contributed by atoms with van der Waals surface area (Å²) in [6.45, 7) is 0.195. The third-order valence-corrected chi connectivity index (χ3v) is 4.05. The minimum Gasteiger partial charge on any atom is -0.486 e. The van der Waals surface area contributed by atoms with Gasteiger partial charge in [-0.3, -0.25) is 4.79 Å². The van der Waals surface area contributed by atoms with Crippen LogP contribution in [0.1, 0.15) is 21.1 Å². The second-order valence-electron chi connectivity index (χ2n) is 5.01. The van der Waals surface area contributed by atoms with Crippen molar-refractivity contribution >= 4 is 22.9 Å². The van der Waals surface area contributed by atoms with Crippen molar-refractivity contribution in [2.75, 3.05) is 5.32 Å². The first-order chi connectivity index (χ1) is 12.1. The summed E-state index contributed by atoms with van der Waals surface area (Å²) in [5.74, 6) is -0.141. The molecule has 0 saturated heterocycles. The van der Waals surface area contributed by atoms with Crippen molar-refractivity contribution in [1.82, 2.24) is 4.98 Å². The van der Waals surface area contributed by atoms with E-state index in [0.717, 1.165) is 0 Å². The molecule has 0 radical (unpaired) electrons. The number of hydrogen-bond acceptors (Lipinski definition) is 5. The van der Waals surface area contributed by atoms with Crippen LogP contribution in [0, 0.1) is 17.1 Å². The zero-order valence-corrected chi connectivity index (χ0v) is 13.7. The third-order valence-electron chi connectivity index (χ3n) is 3.23. The highest BCUT2D eigenvalue weighted by molar-refractivity contribution is 7.09. The molecule has 3 rings (SSSR count). The number of nitrogens with one attached hydrogen (secondary N) is 1. The number of benzene rings is 2. The molecule has 1 heterocycles. The molecule has 0 aliphatic rings. The predicted octanol–water partition coefficient (Wildman–Crippen LogP) is 3.99. The summed E-state index contributed by atoms with van der Waals surface area (Å²) in [6, 6.07) is 14.3. The number of hydrogen-bond donors (Lipinski definition) is 1. The Kier molecular flexibility index (Phi) is 5.02. The number of halogens is 1. The van der Waals surface area contributed by atoms with Crippen LogP contribution in [0.3, 0.4) is 0 Å². The van der Waals surface area contributed by atoms with Crippen molar-refractivity contribution in [2.45, 2.75) is 6.61 Å². The van der Waals surface area contributed by atoms with E-state index in [1.54, 1.807) is 29.6 Å². The normalized spacial score (nSPS) is 10.1. The molecular weight excluding hydrogens is 341 g/mol. The Labute approximate surface area is 147 Å². The molecule has 2 aromatic carbocycles. The summed E-state index contributed by atoms with van der Waals surface area (Å²) in [5, 5.41) is 13.8. The van der Waals surface area contributed by atoms with E-state index >= 15 is 0 Å². The minimum absolute atomic E-state index is 0.195. The van der Waals surface area contributed by atoms with Gasteiger partial charge in [-0.1, -0.05) is 0 Å². The maximum Gasteiger partial charge on any atom is 0.275 e. The first-order valence-corrected chi connectivity index (χ1v) is 8.16. The Bertz CT molecular complexity index is 915. The monoisotopic (exact) mass is 353 g/mol. The van der Waals surface area contributed by atoms with Crippen molar-refractivity contribution in [3.63, 3.8) is 0 Å². The lowest BCUT2D eigenvalue weighted by atomic mass is 10.2. The van der Waals surface area contributed by atoms with E-state index in [2.05, 4.69) is 10.3 Å². The van der Waals surface area contributed by atoms with Gasteiger partial charge in [0.25, 0.3) is 5.91 Å². The van der Waals surface area contributed by atoms with Gasteiger partial charge in [0, 0.05) is 11.1 Å². The van der Waals surface area contributed by atoms with Crippen molar-refractivity contribution in [3.05, 3.63) is 76.0 Å². The maximum absolute atomic E-state index is 12.8. The predicted molar refractivity (Wildman–Crippen MR) is 92.0 cm³/mol. The van der Waals surface area contributed by atoms with Gasteiger partial charge in [0.15, 0.2) is 0 Å². The van der Waals surface area contributed by atoms with Gasteiger partial charge in [-0.15, -0.1) is 11.3 Å². The van der Waals surface area contributed by atoms with Gasteiger partial charge in [0.05, 0.1) is 11.6 Å². The molecule has 3 aromatic rings. The summed E-state index contributed by atoms with van der Waals surface area (Å²) in [5.41, 5.74) is 1.39. The quantitative estimate of drug-likeness (QED) is 0.753. The molecule has 0 aliphatic heterocycles. The van der Waals surface area contributed by atoms with Gasteiger partial charge in [-0.25, -0.2) is 9.37 Å². The van der Waals surface area contributed by atoms with E-state index in [1.165, 1.54) is 35.6 Å². The van der Waals surface area contributed by atoms with Gasteiger partial charge < -0.3 is 10.1 Å². The van der Waals surface area contributed by atoms with Crippen LogP contribution in [-0.4, -0.2) is 10.9 Å². The highest BCUT2D eigenvalue weighted by Gasteiger charge is 2.11. The van der Waals surface area contributed by atoms with Gasteiger partial charge in [-0.2, -0.15) is 5.26 Å². The number of aromatic nitrogens is 1. The molecule has 1 aromatic heterocycles. The fourth-order valence-electron chi connectivity index (χ4n) is 1.98. The lowest BCUT2D eigenvalue weighted by Gasteiger charge is -2.04. The van der Waals surface area contributed by atoms with Crippen LogP contribution in [0.5, 0.6) is 5.75 Å². The van der Waals surface area contributed by atoms with Gasteiger partial charge in [0.2, 0.25) is 0 Å². The number of carbonyl (C=O) groups excluding carboxylic acids is 1. The van der Waals surface area contributed by atoms with Crippen LogP contribution in [0.15, 0.2) is 53.9 Å². The molecule has 0 fully saturated rings. The molecule has 25 heavy (non-hydrogen) atoms. The molecule has 0 atom stereocenters. The molecule has 7 heteroatoms. The molecule has 0 aliphatic carbocycles. The van der Waals surface area contributed by atoms with E-state index in [0.29, 0.717) is 22.0 Å². The highest BCUT2D eigenvalue weighted by Crippen LogP contribution is 2.17. The lowest BCUT2D eigenvalue weighted by molar-refractivity contribution is 0.102. The molecule has 0 bridgehead atoms.